The zero-order valence-electron chi connectivity index (χ0n) is 23.8. The number of imidazole rings is 1. The number of nitrogens with zero attached hydrogens (tertiary/aromatic N) is 3. The highest BCUT2D eigenvalue weighted by Crippen LogP contribution is 2.31. The number of fused-ring (bicyclic) bond motifs is 1. The number of amides is 2. The molecule has 2 aromatic carbocycles. The van der Waals surface area contributed by atoms with Gasteiger partial charge in [-0.1, -0.05) is 18.2 Å². The summed E-state index contributed by atoms with van der Waals surface area (Å²) in [6.45, 7) is 2.86. The molecular weight excluding hydrogens is 569 g/mol. The number of rotatable bonds is 7. The zero-order valence-corrected chi connectivity index (χ0v) is 23.8. The van der Waals surface area contributed by atoms with Crippen LogP contribution in [0.2, 0.25) is 0 Å². The van der Waals surface area contributed by atoms with Crippen LogP contribution >= 0.6 is 0 Å². The van der Waals surface area contributed by atoms with Crippen molar-refractivity contribution in [2.45, 2.75) is 26.7 Å². The number of nitrogens with one attached hydrogen (secondary N) is 2. The molecule has 0 saturated heterocycles. The maximum atomic E-state index is 14.9. The van der Waals surface area contributed by atoms with Crippen molar-refractivity contribution in [2.75, 3.05) is 10.6 Å². The first kappa shape index (κ1) is 29.7. The van der Waals surface area contributed by atoms with E-state index >= 15 is 0 Å². The molecular formula is C32H28FN5O6. The number of hydrogen-bond acceptors (Lipinski definition) is 6. The van der Waals surface area contributed by atoms with Gasteiger partial charge in [-0.2, -0.15) is 0 Å². The van der Waals surface area contributed by atoms with Gasteiger partial charge in [0, 0.05) is 36.0 Å². The SMILES string of the molecule is CC(=O)O.Cc1ccc(C(=O)Nc2ccc(Oc3ccc4nc(NC(=O)C5CC5)cn4c3)c(F)c2)c(=O)n1-c1ccccc1. The van der Waals surface area contributed by atoms with E-state index in [9.17, 15) is 18.8 Å². The number of aliphatic carboxylic acids is 1. The molecule has 0 bridgehead atoms. The summed E-state index contributed by atoms with van der Waals surface area (Å²) < 4.78 is 23.8. The van der Waals surface area contributed by atoms with Crippen LogP contribution in [-0.4, -0.2) is 36.8 Å². The number of pyridine rings is 2. The molecule has 1 saturated carbocycles. The van der Waals surface area contributed by atoms with Crippen molar-refractivity contribution in [3.05, 3.63) is 113 Å². The first-order valence-electron chi connectivity index (χ1n) is 13.6. The van der Waals surface area contributed by atoms with Crippen LogP contribution in [0.5, 0.6) is 11.5 Å². The van der Waals surface area contributed by atoms with E-state index in [-0.39, 0.29) is 28.8 Å². The molecule has 12 heteroatoms. The number of carbonyl (C=O) groups is 3. The minimum absolute atomic E-state index is 0.0432. The Balaban J connectivity index is 0.000000906. The van der Waals surface area contributed by atoms with Crippen LogP contribution in [0, 0.1) is 18.7 Å². The fourth-order valence-corrected chi connectivity index (χ4v) is 4.35. The van der Waals surface area contributed by atoms with E-state index in [0.29, 0.717) is 28.6 Å². The quantitative estimate of drug-likeness (QED) is 0.227. The van der Waals surface area contributed by atoms with Gasteiger partial charge in [-0.3, -0.25) is 23.7 Å². The van der Waals surface area contributed by atoms with Gasteiger partial charge in [0.05, 0.1) is 12.4 Å². The first-order valence-corrected chi connectivity index (χ1v) is 13.6. The summed E-state index contributed by atoms with van der Waals surface area (Å²) in [6.07, 6.45) is 5.07. The van der Waals surface area contributed by atoms with Crippen LogP contribution in [0.3, 0.4) is 0 Å². The number of carbonyl (C=O) groups excluding carboxylic acids is 2. The molecule has 3 N–H and O–H groups in total. The second-order valence-corrected chi connectivity index (χ2v) is 10.1. The van der Waals surface area contributed by atoms with Gasteiger partial charge in [-0.05, 0) is 68.3 Å². The van der Waals surface area contributed by atoms with Gasteiger partial charge in [0.2, 0.25) is 5.91 Å². The number of para-hydroxylation sites is 1. The number of carboxylic acid groups (broad SMARTS) is 1. The minimum Gasteiger partial charge on any atom is -0.481 e. The van der Waals surface area contributed by atoms with Crippen molar-refractivity contribution < 1.29 is 28.6 Å². The topological polar surface area (TPSA) is 144 Å². The molecule has 1 fully saturated rings. The van der Waals surface area contributed by atoms with Crippen molar-refractivity contribution in [1.29, 1.82) is 0 Å². The Kier molecular flexibility index (Phi) is 8.51. The number of aromatic nitrogens is 3. The van der Waals surface area contributed by atoms with Crippen LogP contribution in [0.4, 0.5) is 15.9 Å². The number of halogens is 1. The van der Waals surface area contributed by atoms with Gasteiger partial charge in [0.15, 0.2) is 17.4 Å². The molecule has 44 heavy (non-hydrogen) atoms. The predicted octanol–water partition coefficient (Wildman–Crippen LogP) is 5.42. The summed E-state index contributed by atoms with van der Waals surface area (Å²) in [7, 11) is 0. The monoisotopic (exact) mass is 597 g/mol. The second kappa shape index (κ2) is 12.6. The molecule has 0 spiro atoms. The van der Waals surface area contributed by atoms with Gasteiger partial charge >= 0.3 is 0 Å². The highest BCUT2D eigenvalue weighted by atomic mass is 19.1. The van der Waals surface area contributed by atoms with Gasteiger partial charge in [0.1, 0.15) is 17.0 Å². The Morgan fingerprint density at radius 1 is 0.977 bits per heavy atom. The number of ether oxygens (including phenoxy) is 1. The van der Waals surface area contributed by atoms with Gasteiger partial charge < -0.3 is 24.9 Å². The number of hydrogen-bond donors (Lipinski definition) is 3. The Hall–Kier alpha value is -5.78. The molecule has 1 aliphatic rings. The molecule has 0 aliphatic heterocycles. The molecule has 2 amide bonds. The van der Waals surface area contributed by atoms with Crippen LogP contribution in [0.25, 0.3) is 11.3 Å². The molecule has 5 aromatic rings. The normalized spacial score (nSPS) is 12.2. The number of anilines is 2. The van der Waals surface area contributed by atoms with Crippen molar-refractivity contribution in [1.82, 2.24) is 14.0 Å². The molecule has 0 radical (unpaired) electrons. The van der Waals surface area contributed by atoms with Crippen LogP contribution in [0.15, 0.2) is 90.0 Å². The van der Waals surface area contributed by atoms with Crippen LogP contribution in [-0.2, 0) is 9.59 Å². The summed E-state index contributed by atoms with van der Waals surface area (Å²) >= 11 is 0. The Bertz CT molecular complexity index is 1930. The lowest BCUT2D eigenvalue weighted by atomic mass is 10.2. The Labute approximate surface area is 250 Å². The maximum Gasteiger partial charge on any atom is 0.300 e. The highest BCUT2D eigenvalue weighted by molar-refractivity contribution is 6.04. The summed E-state index contributed by atoms with van der Waals surface area (Å²) in [6, 6.07) is 19.5. The van der Waals surface area contributed by atoms with E-state index in [2.05, 4.69) is 15.6 Å². The van der Waals surface area contributed by atoms with Crippen molar-refractivity contribution in [2.24, 2.45) is 5.92 Å². The fourth-order valence-electron chi connectivity index (χ4n) is 4.35. The molecule has 0 atom stereocenters. The van der Waals surface area contributed by atoms with E-state index in [0.717, 1.165) is 25.8 Å². The standard InChI is InChI=1S/C30H24FN5O4.C2H4O2/c1-18-7-12-23(30(39)36(18)21-5-3-2-4-6-21)29(38)32-20-10-13-25(24(31)15-20)40-22-11-14-27-33-26(17-35(27)16-22)34-28(37)19-8-9-19;1-2(3)4/h2-7,10-17,19H,8-9H2,1H3,(H,32,38)(H,34,37);1H3,(H,3,4). The van der Waals surface area contributed by atoms with E-state index in [1.807, 2.05) is 6.07 Å². The third kappa shape index (κ3) is 6.98. The molecule has 3 heterocycles. The van der Waals surface area contributed by atoms with E-state index < -0.39 is 23.3 Å². The summed E-state index contributed by atoms with van der Waals surface area (Å²) in [5.41, 5.74) is 1.53. The van der Waals surface area contributed by atoms with Crippen molar-refractivity contribution >= 4 is 34.9 Å². The largest absolute Gasteiger partial charge is 0.481 e. The summed E-state index contributed by atoms with van der Waals surface area (Å²) in [5, 5.41) is 12.8. The van der Waals surface area contributed by atoms with Crippen LogP contribution < -0.4 is 20.9 Å². The second-order valence-electron chi connectivity index (χ2n) is 10.1. The van der Waals surface area contributed by atoms with Crippen molar-refractivity contribution in [3.63, 3.8) is 0 Å². The maximum absolute atomic E-state index is 14.9. The number of aryl methyl sites for hydroxylation is 1. The minimum atomic E-state index is -0.833. The summed E-state index contributed by atoms with van der Waals surface area (Å²) in [5.74, 6) is -1.44. The summed E-state index contributed by atoms with van der Waals surface area (Å²) in [4.78, 5) is 51.4. The molecule has 6 rings (SSSR count). The molecule has 11 nitrogen and oxygen atoms in total. The van der Waals surface area contributed by atoms with Crippen molar-refractivity contribution in [3.8, 4) is 17.2 Å². The first-order chi connectivity index (χ1) is 21.1. The third-order valence-corrected chi connectivity index (χ3v) is 6.58. The highest BCUT2D eigenvalue weighted by Gasteiger charge is 2.30. The molecule has 1 aliphatic carbocycles. The predicted molar refractivity (Wildman–Crippen MR) is 161 cm³/mol. The Morgan fingerprint density at radius 2 is 1.70 bits per heavy atom. The lowest BCUT2D eigenvalue weighted by molar-refractivity contribution is -0.134. The molecule has 0 unspecified atom stereocenters. The van der Waals surface area contributed by atoms with E-state index in [4.69, 9.17) is 14.6 Å². The number of benzene rings is 2. The van der Waals surface area contributed by atoms with Crippen LogP contribution in [0.1, 0.15) is 35.8 Å². The average molecular weight is 598 g/mol. The molecule has 3 aromatic heterocycles. The van der Waals surface area contributed by atoms with E-state index in [1.165, 1.54) is 22.8 Å². The van der Waals surface area contributed by atoms with Gasteiger partial charge in [0.25, 0.3) is 17.4 Å². The van der Waals surface area contributed by atoms with E-state index in [1.54, 1.807) is 66.2 Å². The lowest BCUT2D eigenvalue weighted by Crippen LogP contribution is -2.29. The fraction of sp³-hybridized carbons (Fsp3) is 0.156. The lowest BCUT2D eigenvalue weighted by Gasteiger charge is -2.13. The third-order valence-electron chi connectivity index (χ3n) is 6.58. The average Bonchev–Trinajstić information content (AvgIpc) is 3.75. The zero-order chi connectivity index (χ0) is 31.4. The Morgan fingerprint density at radius 3 is 2.39 bits per heavy atom. The number of carboxylic acids is 1. The molecule has 224 valence electrons. The van der Waals surface area contributed by atoms with Gasteiger partial charge in [-0.25, -0.2) is 9.37 Å². The smallest absolute Gasteiger partial charge is 0.300 e. The van der Waals surface area contributed by atoms with Gasteiger partial charge in [-0.15, -0.1) is 0 Å².